The first-order valence-electron chi connectivity index (χ1n) is 9.65. The molecule has 1 atom stereocenters. The van der Waals surface area contributed by atoms with Gasteiger partial charge in [0.25, 0.3) is 5.91 Å². The summed E-state index contributed by atoms with van der Waals surface area (Å²) in [6.45, 7) is 1.87. The molecular formula is C22H21N5O3S. The van der Waals surface area contributed by atoms with E-state index in [-0.39, 0.29) is 23.6 Å². The number of aryl methyl sites for hydroxylation is 1. The van der Waals surface area contributed by atoms with Crippen LogP contribution in [0.4, 0.5) is 5.69 Å². The van der Waals surface area contributed by atoms with E-state index in [4.69, 9.17) is 4.42 Å². The van der Waals surface area contributed by atoms with Crippen LogP contribution in [0.2, 0.25) is 0 Å². The minimum Gasteiger partial charge on any atom is -0.459 e. The van der Waals surface area contributed by atoms with E-state index < -0.39 is 0 Å². The molecule has 2 N–H and O–H groups in total. The van der Waals surface area contributed by atoms with Crippen molar-refractivity contribution in [2.24, 2.45) is 7.05 Å². The van der Waals surface area contributed by atoms with E-state index in [0.29, 0.717) is 22.2 Å². The van der Waals surface area contributed by atoms with Gasteiger partial charge in [-0.05, 0) is 43.3 Å². The summed E-state index contributed by atoms with van der Waals surface area (Å²) in [6, 6.07) is 16.1. The van der Waals surface area contributed by atoms with E-state index in [1.165, 1.54) is 11.8 Å². The molecule has 0 aliphatic carbocycles. The largest absolute Gasteiger partial charge is 0.459 e. The van der Waals surface area contributed by atoms with E-state index in [1.54, 1.807) is 35.2 Å². The first-order valence-corrected chi connectivity index (χ1v) is 10.6. The Labute approximate surface area is 183 Å². The Balaban J connectivity index is 1.32. The number of hydrogen-bond donors (Lipinski definition) is 2. The van der Waals surface area contributed by atoms with Crippen LogP contribution in [-0.2, 0) is 11.8 Å². The minimum atomic E-state index is -0.281. The molecule has 31 heavy (non-hydrogen) atoms. The number of carbonyl (C=O) groups excluding carboxylic acids is 2. The lowest BCUT2D eigenvalue weighted by Gasteiger charge is -2.12. The van der Waals surface area contributed by atoms with Crippen LogP contribution >= 0.6 is 11.8 Å². The van der Waals surface area contributed by atoms with Gasteiger partial charge in [0.05, 0.1) is 11.8 Å². The summed E-state index contributed by atoms with van der Waals surface area (Å²) in [4.78, 5) is 24.7. The number of aromatic nitrogens is 3. The van der Waals surface area contributed by atoms with Crippen LogP contribution < -0.4 is 10.6 Å². The van der Waals surface area contributed by atoms with Crippen LogP contribution in [-0.4, -0.2) is 32.3 Å². The molecule has 0 aliphatic rings. The smallest absolute Gasteiger partial charge is 0.251 e. The highest BCUT2D eigenvalue weighted by Gasteiger charge is 2.15. The van der Waals surface area contributed by atoms with Gasteiger partial charge in [-0.2, -0.15) is 0 Å². The first-order chi connectivity index (χ1) is 15.0. The number of fused-ring (bicyclic) bond motifs is 1. The van der Waals surface area contributed by atoms with E-state index in [1.807, 2.05) is 44.3 Å². The molecule has 2 heterocycles. The number of anilines is 1. The molecule has 0 bridgehead atoms. The summed E-state index contributed by atoms with van der Waals surface area (Å²) in [6.07, 6.45) is 1.58. The standard InChI is InChI=1S/C22H21N5O3S/c1-14(19-11-16-5-3-4-6-18(16)30-19)24-21(29)15-7-9-17(10-8-15)25-20(28)12-31-22-26-23-13-27(22)2/h3-11,13-14H,12H2,1-2H3,(H,24,29)(H,25,28)/t14-/m0/s1. The number of amides is 2. The number of para-hydroxylation sites is 1. The average Bonchev–Trinajstić information content (AvgIpc) is 3.38. The summed E-state index contributed by atoms with van der Waals surface area (Å²) in [5, 5.41) is 15.1. The van der Waals surface area contributed by atoms with Crippen molar-refractivity contribution in [3.8, 4) is 0 Å². The van der Waals surface area contributed by atoms with E-state index in [9.17, 15) is 9.59 Å². The summed E-state index contributed by atoms with van der Waals surface area (Å²) in [5.41, 5.74) is 1.90. The lowest BCUT2D eigenvalue weighted by Crippen LogP contribution is -2.26. The molecule has 0 unspecified atom stereocenters. The van der Waals surface area contributed by atoms with Gasteiger partial charge < -0.3 is 19.6 Å². The molecule has 4 rings (SSSR count). The van der Waals surface area contributed by atoms with Crippen molar-refractivity contribution >= 4 is 40.2 Å². The molecule has 158 valence electrons. The average molecular weight is 436 g/mol. The van der Waals surface area contributed by atoms with Crippen LogP contribution in [0.5, 0.6) is 0 Å². The maximum absolute atomic E-state index is 12.6. The van der Waals surface area contributed by atoms with Crippen LogP contribution in [0.1, 0.15) is 29.1 Å². The Morgan fingerprint density at radius 1 is 1.16 bits per heavy atom. The van der Waals surface area contributed by atoms with Crippen LogP contribution in [0.25, 0.3) is 11.0 Å². The second-order valence-electron chi connectivity index (χ2n) is 7.02. The molecule has 2 amide bonds. The predicted octanol–water partition coefficient (Wildman–Crippen LogP) is 3.78. The monoisotopic (exact) mass is 435 g/mol. The highest BCUT2D eigenvalue weighted by molar-refractivity contribution is 7.99. The van der Waals surface area contributed by atoms with E-state index in [2.05, 4.69) is 20.8 Å². The molecule has 8 nitrogen and oxygen atoms in total. The Morgan fingerprint density at radius 3 is 2.65 bits per heavy atom. The van der Waals surface area contributed by atoms with Crippen molar-refractivity contribution in [1.29, 1.82) is 0 Å². The molecule has 2 aromatic carbocycles. The molecule has 4 aromatic rings. The van der Waals surface area contributed by atoms with Gasteiger partial charge in [0.15, 0.2) is 5.16 Å². The molecule has 0 radical (unpaired) electrons. The third-order valence-electron chi connectivity index (χ3n) is 4.65. The lowest BCUT2D eigenvalue weighted by atomic mass is 10.1. The zero-order valence-corrected chi connectivity index (χ0v) is 17.8. The SMILES string of the molecule is C[C@H](NC(=O)c1ccc(NC(=O)CSc2nncn2C)cc1)c1cc2ccccc2o1. The number of thioether (sulfide) groups is 1. The Hall–Kier alpha value is -3.59. The molecule has 0 aliphatic heterocycles. The number of nitrogens with one attached hydrogen (secondary N) is 2. The highest BCUT2D eigenvalue weighted by atomic mass is 32.2. The molecule has 9 heteroatoms. The van der Waals surface area contributed by atoms with Crippen molar-refractivity contribution in [2.45, 2.75) is 18.1 Å². The molecule has 0 spiro atoms. The van der Waals surface area contributed by atoms with Crippen molar-refractivity contribution in [3.05, 3.63) is 72.2 Å². The number of furan rings is 1. The summed E-state index contributed by atoms with van der Waals surface area (Å²) in [5.74, 6) is 0.523. The Bertz CT molecular complexity index is 1180. The first kappa shape index (κ1) is 20.7. The van der Waals surface area contributed by atoms with Crippen LogP contribution in [0.3, 0.4) is 0 Å². The maximum Gasteiger partial charge on any atom is 0.251 e. The van der Waals surface area contributed by atoms with E-state index >= 15 is 0 Å². The fourth-order valence-corrected chi connectivity index (χ4v) is 3.69. The topological polar surface area (TPSA) is 102 Å². The van der Waals surface area contributed by atoms with Crippen molar-refractivity contribution in [1.82, 2.24) is 20.1 Å². The normalized spacial score (nSPS) is 11.9. The number of rotatable bonds is 7. The summed E-state index contributed by atoms with van der Waals surface area (Å²) < 4.78 is 7.56. The molecule has 0 saturated heterocycles. The van der Waals surface area contributed by atoms with Gasteiger partial charge in [-0.3, -0.25) is 9.59 Å². The summed E-state index contributed by atoms with van der Waals surface area (Å²) in [7, 11) is 1.82. The Kier molecular flexibility index (Phi) is 6.03. The van der Waals surface area contributed by atoms with Crippen molar-refractivity contribution < 1.29 is 14.0 Å². The van der Waals surface area contributed by atoms with Gasteiger partial charge in [0.1, 0.15) is 17.7 Å². The maximum atomic E-state index is 12.6. The second-order valence-corrected chi connectivity index (χ2v) is 7.96. The van der Waals surface area contributed by atoms with Gasteiger partial charge in [-0.15, -0.1) is 10.2 Å². The van der Waals surface area contributed by atoms with Crippen molar-refractivity contribution in [2.75, 3.05) is 11.1 Å². The van der Waals surface area contributed by atoms with Crippen LogP contribution in [0.15, 0.2) is 70.5 Å². The number of carbonyl (C=O) groups is 2. The minimum absolute atomic E-state index is 0.163. The predicted molar refractivity (Wildman–Crippen MR) is 119 cm³/mol. The van der Waals surface area contributed by atoms with Crippen LogP contribution in [0, 0.1) is 0 Å². The molecule has 0 saturated carbocycles. The second kappa shape index (κ2) is 9.05. The van der Waals surface area contributed by atoms with Gasteiger partial charge in [-0.1, -0.05) is 30.0 Å². The lowest BCUT2D eigenvalue weighted by molar-refractivity contribution is -0.113. The number of nitrogens with zero attached hydrogens (tertiary/aromatic N) is 3. The number of benzene rings is 2. The quantitative estimate of drug-likeness (QED) is 0.428. The zero-order valence-electron chi connectivity index (χ0n) is 17.0. The fourth-order valence-electron chi connectivity index (χ4n) is 3.00. The molecule has 2 aromatic heterocycles. The fraction of sp³-hybridized carbons (Fsp3) is 0.182. The van der Waals surface area contributed by atoms with Gasteiger partial charge in [0.2, 0.25) is 5.91 Å². The van der Waals surface area contributed by atoms with Crippen molar-refractivity contribution in [3.63, 3.8) is 0 Å². The Morgan fingerprint density at radius 2 is 1.94 bits per heavy atom. The summed E-state index contributed by atoms with van der Waals surface area (Å²) >= 11 is 1.30. The zero-order chi connectivity index (χ0) is 21.8. The number of hydrogen-bond acceptors (Lipinski definition) is 6. The van der Waals surface area contributed by atoms with Gasteiger partial charge in [0, 0.05) is 23.7 Å². The van der Waals surface area contributed by atoms with Gasteiger partial charge >= 0.3 is 0 Å². The molecule has 0 fully saturated rings. The van der Waals surface area contributed by atoms with E-state index in [0.717, 1.165) is 11.0 Å². The third-order valence-corrected chi connectivity index (χ3v) is 5.69. The molecular weight excluding hydrogens is 414 g/mol. The third kappa shape index (κ3) is 4.95. The highest BCUT2D eigenvalue weighted by Crippen LogP contribution is 2.24. The van der Waals surface area contributed by atoms with Gasteiger partial charge in [-0.25, -0.2) is 0 Å².